The lowest BCUT2D eigenvalue weighted by Crippen LogP contribution is -2.32. The smallest absolute Gasteiger partial charge is 0.292 e. The predicted octanol–water partition coefficient (Wildman–Crippen LogP) is 1.51. The van der Waals surface area contributed by atoms with Gasteiger partial charge in [0.15, 0.2) is 0 Å². The van der Waals surface area contributed by atoms with Crippen molar-refractivity contribution in [3.05, 3.63) is 32.8 Å². The number of amides is 1. The van der Waals surface area contributed by atoms with Gasteiger partial charge in [0.2, 0.25) is 0 Å². The van der Waals surface area contributed by atoms with Crippen LogP contribution in [0.2, 0.25) is 5.02 Å². The molecule has 1 aliphatic heterocycles. The monoisotopic (exact) mass is 286 g/mol. The van der Waals surface area contributed by atoms with Crippen LogP contribution in [-0.2, 0) is 4.74 Å². The molecule has 1 aliphatic rings. The van der Waals surface area contributed by atoms with Gasteiger partial charge in [0, 0.05) is 13.0 Å². The van der Waals surface area contributed by atoms with Crippen LogP contribution in [-0.4, -0.2) is 30.1 Å². The van der Waals surface area contributed by atoms with Crippen LogP contribution in [0.4, 0.5) is 5.69 Å². The number of nitro benzene ring substituents is 1. The Hall–Kier alpha value is -1.86. The van der Waals surface area contributed by atoms with E-state index in [0.29, 0.717) is 6.61 Å². The molecule has 2 rings (SSSR count). The van der Waals surface area contributed by atoms with Gasteiger partial charge in [-0.2, -0.15) is 0 Å². The molecule has 0 bridgehead atoms. The minimum absolute atomic E-state index is 0.0215. The lowest BCUT2D eigenvalue weighted by Gasteiger charge is -2.26. The van der Waals surface area contributed by atoms with E-state index in [1.165, 1.54) is 6.07 Å². The highest BCUT2D eigenvalue weighted by molar-refractivity contribution is 6.35. The number of rotatable bonds is 5. The molecule has 0 saturated carbocycles. The van der Waals surface area contributed by atoms with Gasteiger partial charge >= 0.3 is 0 Å². The van der Waals surface area contributed by atoms with Gasteiger partial charge in [0.05, 0.1) is 22.7 Å². The van der Waals surface area contributed by atoms with E-state index in [9.17, 15) is 14.9 Å². The normalized spacial score (nSPS) is 17.6. The van der Waals surface area contributed by atoms with Gasteiger partial charge in [-0.15, -0.1) is 0 Å². The second-order valence-corrected chi connectivity index (χ2v) is 4.40. The van der Waals surface area contributed by atoms with E-state index in [2.05, 4.69) is 0 Å². The van der Waals surface area contributed by atoms with Crippen molar-refractivity contribution in [2.24, 2.45) is 5.73 Å². The van der Waals surface area contributed by atoms with E-state index in [1.54, 1.807) is 0 Å². The molecule has 7 nitrogen and oxygen atoms in total. The van der Waals surface area contributed by atoms with Gasteiger partial charge in [-0.1, -0.05) is 11.6 Å². The number of hydrogen-bond donors (Lipinski definition) is 1. The number of nitrogens with zero attached hydrogens (tertiary/aromatic N) is 1. The zero-order chi connectivity index (χ0) is 14.0. The number of carbonyl (C=O) groups excluding carboxylic acids is 1. The van der Waals surface area contributed by atoms with Gasteiger partial charge < -0.3 is 15.2 Å². The Balaban J connectivity index is 2.26. The lowest BCUT2D eigenvalue weighted by atomic mass is 10.1. The molecule has 19 heavy (non-hydrogen) atoms. The van der Waals surface area contributed by atoms with Crippen LogP contribution in [0, 0.1) is 10.1 Å². The summed E-state index contributed by atoms with van der Waals surface area (Å²) in [6.07, 6.45) is 0.852. The maximum Gasteiger partial charge on any atom is 0.292 e. The summed E-state index contributed by atoms with van der Waals surface area (Å²) in [6, 6.07) is 2.45. The summed E-state index contributed by atoms with van der Waals surface area (Å²) in [7, 11) is 0. The number of carbonyl (C=O) groups is 1. The number of ether oxygens (including phenoxy) is 2. The Morgan fingerprint density at radius 1 is 1.63 bits per heavy atom. The molecule has 8 heteroatoms. The van der Waals surface area contributed by atoms with Gasteiger partial charge in [-0.25, -0.2) is 0 Å². The van der Waals surface area contributed by atoms with Crippen molar-refractivity contribution in [2.75, 3.05) is 13.2 Å². The first kappa shape index (κ1) is 13.6. The molecular weight excluding hydrogens is 276 g/mol. The minimum atomic E-state index is -0.849. The first-order valence-corrected chi connectivity index (χ1v) is 5.89. The summed E-state index contributed by atoms with van der Waals surface area (Å²) in [5.74, 6) is -0.682. The largest absolute Gasteiger partial charge is 0.491 e. The van der Waals surface area contributed by atoms with Crippen LogP contribution in [0.15, 0.2) is 12.1 Å². The molecule has 1 atom stereocenters. The molecule has 2 N–H and O–H groups in total. The van der Waals surface area contributed by atoms with Crippen molar-refractivity contribution in [1.82, 2.24) is 0 Å². The average Bonchev–Trinajstić information content (AvgIpc) is 2.27. The van der Waals surface area contributed by atoms with Crippen molar-refractivity contribution in [3.8, 4) is 5.75 Å². The average molecular weight is 287 g/mol. The van der Waals surface area contributed by atoms with Crippen LogP contribution in [0.25, 0.3) is 0 Å². The summed E-state index contributed by atoms with van der Waals surface area (Å²) in [6.45, 7) is 0.943. The summed E-state index contributed by atoms with van der Waals surface area (Å²) in [5.41, 5.74) is 4.57. The fraction of sp³-hybridized carbons (Fsp3) is 0.364. The van der Waals surface area contributed by atoms with Crippen LogP contribution in [0.5, 0.6) is 5.75 Å². The van der Waals surface area contributed by atoms with Gasteiger partial charge in [-0.05, 0) is 6.07 Å². The standard InChI is InChI=1S/C11H11ClN2O5/c12-10-8(11(13)15)3-7(4-9(10)14(16)17)19-5-6-1-2-18-6/h3-4,6H,1-2,5H2,(H2,13,15). The quantitative estimate of drug-likeness (QED) is 0.652. The Kier molecular flexibility index (Phi) is 3.87. The van der Waals surface area contributed by atoms with Crippen molar-refractivity contribution < 1.29 is 19.2 Å². The van der Waals surface area contributed by atoms with Gasteiger partial charge in [-0.3, -0.25) is 14.9 Å². The molecule has 1 amide bonds. The number of primary amides is 1. The molecule has 1 unspecified atom stereocenters. The predicted molar refractivity (Wildman–Crippen MR) is 66.5 cm³/mol. The van der Waals surface area contributed by atoms with E-state index in [4.69, 9.17) is 26.8 Å². The highest BCUT2D eigenvalue weighted by Crippen LogP contribution is 2.33. The maximum atomic E-state index is 11.2. The second-order valence-electron chi connectivity index (χ2n) is 4.02. The molecule has 0 aliphatic carbocycles. The SMILES string of the molecule is NC(=O)c1cc(OCC2CCO2)cc([N+](=O)[O-])c1Cl. The Bertz CT molecular complexity index is 495. The number of halogens is 1. The Morgan fingerprint density at radius 2 is 2.32 bits per heavy atom. The molecule has 102 valence electrons. The number of nitrogens with two attached hydrogens (primary N) is 1. The van der Waals surface area contributed by atoms with Gasteiger partial charge in [0.25, 0.3) is 11.6 Å². The summed E-state index contributed by atoms with van der Waals surface area (Å²) >= 11 is 5.75. The van der Waals surface area contributed by atoms with E-state index in [1.807, 2.05) is 0 Å². The Labute approximate surface area is 113 Å². The van der Waals surface area contributed by atoms with Crippen molar-refractivity contribution in [2.45, 2.75) is 12.5 Å². The van der Waals surface area contributed by atoms with Gasteiger partial charge in [0.1, 0.15) is 17.4 Å². The van der Waals surface area contributed by atoms with Crippen molar-refractivity contribution >= 4 is 23.2 Å². The summed E-state index contributed by atoms with van der Waals surface area (Å²) in [5, 5.41) is 10.6. The third-order valence-electron chi connectivity index (χ3n) is 2.72. The van der Waals surface area contributed by atoms with Crippen LogP contribution >= 0.6 is 11.6 Å². The van der Waals surface area contributed by atoms with Crippen LogP contribution in [0.3, 0.4) is 0 Å². The fourth-order valence-corrected chi connectivity index (χ4v) is 1.86. The first-order chi connectivity index (χ1) is 8.99. The molecule has 1 aromatic carbocycles. The molecule has 1 aromatic rings. The van der Waals surface area contributed by atoms with E-state index < -0.39 is 16.5 Å². The van der Waals surface area contributed by atoms with Crippen molar-refractivity contribution in [1.29, 1.82) is 0 Å². The summed E-state index contributed by atoms with van der Waals surface area (Å²) < 4.78 is 10.5. The zero-order valence-corrected chi connectivity index (χ0v) is 10.6. The molecular formula is C11H11ClN2O5. The van der Waals surface area contributed by atoms with E-state index in [0.717, 1.165) is 12.5 Å². The fourth-order valence-electron chi connectivity index (χ4n) is 1.58. The third-order valence-corrected chi connectivity index (χ3v) is 3.12. The third kappa shape index (κ3) is 2.94. The first-order valence-electron chi connectivity index (χ1n) is 5.51. The number of hydrogen-bond acceptors (Lipinski definition) is 5. The molecule has 1 fully saturated rings. The van der Waals surface area contributed by atoms with Crippen LogP contribution in [0.1, 0.15) is 16.8 Å². The van der Waals surface area contributed by atoms with Crippen molar-refractivity contribution in [3.63, 3.8) is 0 Å². The molecule has 1 heterocycles. The molecule has 0 spiro atoms. The zero-order valence-electron chi connectivity index (χ0n) is 9.80. The van der Waals surface area contributed by atoms with E-state index >= 15 is 0 Å². The maximum absolute atomic E-state index is 11.2. The molecule has 1 saturated heterocycles. The highest BCUT2D eigenvalue weighted by Gasteiger charge is 2.23. The Morgan fingerprint density at radius 3 is 2.79 bits per heavy atom. The minimum Gasteiger partial charge on any atom is -0.491 e. The molecule has 0 radical (unpaired) electrons. The second kappa shape index (κ2) is 5.41. The topological polar surface area (TPSA) is 105 Å². The summed E-state index contributed by atoms with van der Waals surface area (Å²) in [4.78, 5) is 21.3. The lowest BCUT2D eigenvalue weighted by molar-refractivity contribution is -0.384. The van der Waals surface area contributed by atoms with E-state index in [-0.39, 0.29) is 29.0 Å². The highest BCUT2D eigenvalue weighted by atomic mass is 35.5. The number of benzene rings is 1. The van der Waals surface area contributed by atoms with Crippen LogP contribution < -0.4 is 10.5 Å². The number of nitro groups is 1. The molecule has 0 aromatic heterocycles.